The third kappa shape index (κ3) is 2.56. The van der Waals surface area contributed by atoms with Crippen molar-refractivity contribution >= 4 is 0 Å². The summed E-state index contributed by atoms with van der Waals surface area (Å²) in [6, 6.07) is 40.3. The Morgan fingerprint density at radius 1 is 0.312 bits per heavy atom. The van der Waals surface area contributed by atoms with E-state index in [-0.39, 0.29) is 0 Å². The molecule has 32 heavy (non-hydrogen) atoms. The van der Waals surface area contributed by atoms with Crippen LogP contribution in [0.5, 0.6) is 0 Å². The summed E-state index contributed by atoms with van der Waals surface area (Å²) in [4.78, 5) is 0. The van der Waals surface area contributed by atoms with Crippen molar-refractivity contribution in [2.24, 2.45) is 0 Å². The standard InChI is InChI=1S/C32H22/c1-3-9-27-23(7-1)19-31-25(11-5-13-29(27)31)21-15-17-22(18-16-21)26-12-6-14-30-28-10-4-2-8-24(28)20-32(26)30/h1-18H,19-20H2. The molecule has 0 atom stereocenters. The molecule has 0 fully saturated rings. The van der Waals surface area contributed by atoms with E-state index in [1.54, 1.807) is 0 Å². The van der Waals surface area contributed by atoms with Gasteiger partial charge >= 0.3 is 0 Å². The molecule has 0 radical (unpaired) electrons. The Labute approximate surface area is 188 Å². The van der Waals surface area contributed by atoms with Crippen molar-refractivity contribution in [3.63, 3.8) is 0 Å². The summed E-state index contributed by atoms with van der Waals surface area (Å²) < 4.78 is 0. The monoisotopic (exact) mass is 406 g/mol. The first-order valence-corrected chi connectivity index (χ1v) is 11.4. The first-order valence-electron chi connectivity index (χ1n) is 11.4. The van der Waals surface area contributed by atoms with Crippen LogP contribution in [-0.4, -0.2) is 0 Å². The molecule has 0 heteroatoms. The molecular weight excluding hydrogens is 384 g/mol. The molecule has 2 aliphatic carbocycles. The summed E-state index contributed by atoms with van der Waals surface area (Å²) >= 11 is 0. The fourth-order valence-corrected chi connectivity index (χ4v) is 5.68. The highest BCUT2D eigenvalue weighted by Crippen LogP contribution is 2.43. The number of hydrogen-bond acceptors (Lipinski definition) is 0. The van der Waals surface area contributed by atoms with Crippen LogP contribution in [0.25, 0.3) is 44.5 Å². The minimum Gasteiger partial charge on any atom is -0.0619 e. The number of fused-ring (bicyclic) bond motifs is 6. The number of hydrogen-bond donors (Lipinski definition) is 0. The quantitative estimate of drug-likeness (QED) is 0.272. The maximum atomic E-state index is 2.30. The van der Waals surface area contributed by atoms with Gasteiger partial charge in [0.15, 0.2) is 0 Å². The minimum absolute atomic E-state index is 1.02. The smallest absolute Gasteiger partial charge is 0.000729 e. The van der Waals surface area contributed by atoms with Crippen molar-refractivity contribution in [1.82, 2.24) is 0 Å². The van der Waals surface area contributed by atoms with E-state index in [0.29, 0.717) is 0 Å². The van der Waals surface area contributed by atoms with E-state index in [0.717, 1.165) is 12.8 Å². The second-order valence-corrected chi connectivity index (χ2v) is 8.91. The molecule has 0 unspecified atom stereocenters. The average molecular weight is 407 g/mol. The molecule has 0 saturated carbocycles. The second kappa shape index (κ2) is 6.80. The molecule has 7 rings (SSSR count). The fourth-order valence-electron chi connectivity index (χ4n) is 5.68. The highest BCUT2D eigenvalue weighted by molar-refractivity contribution is 5.87. The third-order valence-electron chi connectivity index (χ3n) is 7.21. The average Bonchev–Trinajstić information content (AvgIpc) is 3.42. The van der Waals surface area contributed by atoms with Crippen LogP contribution in [0.15, 0.2) is 109 Å². The van der Waals surface area contributed by atoms with Crippen LogP contribution in [0.2, 0.25) is 0 Å². The highest BCUT2D eigenvalue weighted by Gasteiger charge is 2.22. The predicted octanol–water partition coefficient (Wildman–Crippen LogP) is 8.16. The normalized spacial score (nSPS) is 12.8. The van der Waals surface area contributed by atoms with E-state index < -0.39 is 0 Å². The summed E-state index contributed by atoms with van der Waals surface area (Å²) in [5, 5.41) is 0. The van der Waals surface area contributed by atoms with Gasteiger partial charge in [0, 0.05) is 0 Å². The zero-order valence-corrected chi connectivity index (χ0v) is 17.8. The maximum Gasteiger partial charge on any atom is -0.000729 e. The van der Waals surface area contributed by atoms with Crippen LogP contribution in [0.1, 0.15) is 22.3 Å². The van der Waals surface area contributed by atoms with Gasteiger partial charge in [0.05, 0.1) is 0 Å². The van der Waals surface area contributed by atoms with Crippen LogP contribution >= 0.6 is 0 Å². The molecule has 5 aromatic carbocycles. The number of benzene rings is 5. The van der Waals surface area contributed by atoms with Crippen LogP contribution in [0.3, 0.4) is 0 Å². The van der Waals surface area contributed by atoms with E-state index >= 15 is 0 Å². The molecule has 150 valence electrons. The van der Waals surface area contributed by atoms with Gasteiger partial charge in [-0.15, -0.1) is 0 Å². The summed E-state index contributed by atoms with van der Waals surface area (Å²) in [7, 11) is 0. The first kappa shape index (κ1) is 17.7. The minimum atomic E-state index is 1.02. The molecule has 0 bridgehead atoms. The molecule has 0 spiro atoms. The molecule has 0 aliphatic heterocycles. The van der Waals surface area contributed by atoms with Crippen LogP contribution in [-0.2, 0) is 12.8 Å². The summed E-state index contributed by atoms with van der Waals surface area (Å²) in [6.07, 6.45) is 2.04. The molecule has 0 N–H and O–H groups in total. The van der Waals surface area contributed by atoms with Gasteiger partial charge in [0.2, 0.25) is 0 Å². The van der Waals surface area contributed by atoms with Gasteiger partial charge < -0.3 is 0 Å². The Morgan fingerprint density at radius 3 is 1.16 bits per heavy atom. The van der Waals surface area contributed by atoms with E-state index in [9.17, 15) is 0 Å². The molecule has 2 aliphatic rings. The van der Waals surface area contributed by atoms with Crippen molar-refractivity contribution in [1.29, 1.82) is 0 Å². The Morgan fingerprint density at radius 2 is 0.688 bits per heavy atom. The molecular formula is C32H22. The topological polar surface area (TPSA) is 0 Å². The van der Waals surface area contributed by atoms with Gasteiger partial charge in [-0.05, 0) is 79.6 Å². The summed E-state index contributed by atoms with van der Waals surface area (Å²) in [5.41, 5.74) is 16.7. The second-order valence-electron chi connectivity index (χ2n) is 8.91. The van der Waals surface area contributed by atoms with Gasteiger partial charge in [-0.25, -0.2) is 0 Å². The van der Waals surface area contributed by atoms with Gasteiger partial charge in [0.1, 0.15) is 0 Å². The fraction of sp³-hybridized carbons (Fsp3) is 0.0625. The largest absolute Gasteiger partial charge is 0.0619 e. The van der Waals surface area contributed by atoms with Crippen LogP contribution in [0, 0.1) is 0 Å². The predicted molar refractivity (Wildman–Crippen MR) is 134 cm³/mol. The Bertz CT molecular complexity index is 1390. The lowest BCUT2D eigenvalue weighted by atomic mass is 9.92. The Balaban J connectivity index is 1.29. The van der Waals surface area contributed by atoms with E-state index in [1.165, 1.54) is 66.8 Å². The molecule has 0 heterocycles. The van der Waals surface area contributed by atoms with Gasteiger partial charge in [-0.3, -0.25) is 0 Å². The molecule has 0 nitrogen and oxygen atoms in total. The lowest BCUT2D eigenvalue weighted by Crippen LogP contribution is -1.90. The van der Waals surface area contributed by atoms with Crippen molar-refractivity contribution in [3.8, 4) is 44.5 Å². The molecule has 5 aromatic rings. The van der Waals surface area contributed by atoms with Crippen molar-refractivity contribution in [2.75, 3.05) is 0 Å². The van der Waals surface area contributed by atoms with Gasteiger partial charge in [-0.2, -0.15) is 0 Å². The zero-order chi connectivity index (χ0) is 21.1. The van der Waals surface area contributed by atoms with E-state index in [1.807, 2.05) is 0 Å². The zero-order valence-electron chi connectivity index (χ0n) is 17.8. The Kier molecular flexibility index (Phi) is 3.77. The first-order chi connectivity index (χ1) is 15.9. The highest BCUT2D eigenvalue weighted by atomic mass is 14.3. The van der Waals surface area contributed by atoms with Crippen molar-refractivity contribution in [3.05, 3.63) is 131 Å². The van der Waals surface area contributed by atoms with E-state index in [4.69, 9.17) is 0 Å². The molecule has 0 aromatic heterocycles. The third-order valence-corrected chi connectivity index (χ3v) is 7.21. The molecule has 0 amide bonds. The van der Waals surface area contributed by atoms with Crippen LogP contribution in [0.4, 0.5) is 0 Å². The molecule has 0 saturated heterocycles. The Hall–Kier alpha value is -3.90. The lowest BCUT2D eigenvalue weighted by molar-refractivity contribution is 1.26. The number of rotatable bonds is 2. The lowest BCUT2D eigenvalue weighted by Gasteiger charge is -2.12. The van der Waals surface area contributed by atoms with Crippen molar-refractivity contribution < 1.29 is 0 Å². The maximum absolute atomic E-state index is 2.30. The summed E-state index contributed by atoms with van der Waals surface area (Å²) in [6.45, 7) is 0. The van der Waals surface area contributed by atoms with E-state index in [2.05, 4.69) is 109 Å². The SMILES string of the molecule is c1ccc2c(c1)Cc1c(-c3ccc(-c4cccc5c4Cc4ccccc4-5)cc3)cccc1-2. The van der Waals surface area contributed by atoms with Gasteiger partial charge in [0.25, 0.3) is 0 Å². The summed E-state index contributed by atoms with van der Waals surface area (Å²) in [5.74, 6) is 0. The van der Waals surface area contributed by atoms with Crippen molar-refractivity contribution in [2.45, 2.75) is 12.8 Å². The van der Waals surface area contributed by atoms with Gasteiger partial charge in [-0.1, -0.05) is 109 Å². The van der Waals surface area contributed by atoms with Crippen LogP contribution < -0.4 is 0 Å².